The van der Waals surface area contributed by atoms with Gasteiger partial charge >= 0.3 is 0 Å². The number of rotatable bonds is 2. The van der Waals surface area contributed by atoms with E-state index in [0.29, 0.717) is 0 Å². The summed E-state index contributed by atoms with van der Waals surface area (Å²) in [6.07, 6.45) is 3.24. The molecule has 0 radical (unpaired) electrons. The Morgan fingerprint density at radius 2 is 2.00 bits per heavy atom. The van der Waals surface area contributed by atoms with E-state index in [-0.39, 0.29) is 23.0 Å². The monoisotopic (exact) mass is 274 g/mol. The minimum Gasteiger partial charge on any atom is -0.508 e. The molecule has 1 aromatic rings. The third-order valence-electron chi connectivity index (χ3n) is 4.91. The summed E-state index contributed by atoms with van der Waals surface area (Å²) in [7, 11) is 0. The summed E-state index contributed by atoms with van der Waals surface area (Å²) in [5, 5.41) is 16.1. The first-order valence-corrected chi connectivity index (χ1v) is 7.34. The number of hydrogen-bond acceptors (Lipinski definition) is 3. The predicted octanol–water partition coefficient (Wildman–Crippen LogP) is 2.34. The normalized spacial score (nSPS) is 23.6. The van der Waals surface area contributed by atoms with Gasteiger partial charge in [0, 0.05) is 11.6 Å². The molecule has 1 heterocycles. The fourth-order valence-electron chi connectivity index (χ4n) is 3.35. The van der Waals surface area contributed by atoms with Gasteiger partial charge in [0.25, 0.3) is 0 Å². The molecule has 3 rings (SSSR count). The molecule has 1 amide bonds. The zero-order chi connectivity index (χ0) is 14.3. The highest BCUT2D eigenvalue weighted by molar-refractivity contribution is 5.96. The van der Waals surface area contributed by atoms with Crippen molar-refractivity contribution in [3.63, 3.8) is 0 Å². The highest BCUT2D eigenvalue weighted by Crippen LogP contribution is 2.58. The Bertz CT molecular complexity index is 548. The standard InChI is InChI=1S/C16H22N2O2/c1-10-8-14(19)11(2)7-13(10)18-15(20)12-9-16(12)3-5-17-6-4-16/h7-8,12,17,19H,3-6,9H2,1-2H3,(H,18,20). The molecular formula is C16H22N2O2. The highest BCUT2D eigenvalue weighted by atomic mass is 16.3. The maximum Gasteiger partial charge on any atom is 0.228 e. The number of anilines is 1. The number of carbonyl (C=O) groups excluding carboxylic acids is 1. The van der Waals surface area contributed by atoms with E-state index in [9.17, 15) is 9.90 Å². The molecule has 1 atom stereocenters. The Labute approximate surface area is 119 Å². The Morgan fingerprint density at radius 3 is 2.70 bits per heavy atom. The molecule has 2 fully saturated rings. The number of hydrogen-bond donors (Lipinski definition) is 3. The molecule has 0 bridgehead atoms. The van der Waals surface area contributed by atoms with Crippen LogP contribution in [0.3, 0.4) is 0 Å². The van der Waals surface area contributed by atoms with Crippen molar-refractivity contribution in [3.8, 4) is 5.75 Å². The van der Waals surface area contributed by atoms with Gasteiger partial charge in [-0.05, 0) is 74.9 Å². The number of amides is 1. The summed E-state index contributed by atoms with van der Waals surface area (Å²) < 4.78 is 0. The highest BCUT2D eigenvalue weighted by Gasteiger charge is 2.57. The van der Waals surface area contributed by atoms with E-state index < -0.39 is 0 Å². The third kappa shape index (κ3) is 2.29. The number of aryl methyl sites for hydroxylation is 2. The van der Waals surface area contributed by atoms with Gasteiger partial charge < -0.3 is 15.7 Å². The first-order valence-electron chi connectivity index (χ1n) is 7.34. The summed E-state index contributed by atoms with van der Waals surface area (Å²) in [6.45, 7) is 5.81. The molecule has 20 heavy (non-hydrogen) atoms. The maximum atomic E-state index is 12.4. The molecule has 0 aromatic heterocycles. The van der Waals surface area contributed by atoms with Gasteiger partial charge in [-0.25, -0.2) is 0 Å². The van der Waals surface area contributed by atoms with Gasteiger partial charge in [0.05, 0.1) is 0 Å². The predicted molar refractivity (Wildman–Crippen MR) is 78.9 cm³/mol. The SMILES string of the molecule is Cc1cc(NC(=O)C2CC23CCNCC3)c(C)cc1O. The number of phenolic OH excluding ortho intramolecular Hbond substituents is 1. The molecule has 1 aromatic carbocycles. The van der Waals surface area contributed by atoms with Crippen LogP contribution >= 0.6 is 0 Å². The van der Waals surface area contributed by atoms with Crippen molar-refractivity contribution in [2.24, 2.45) is 11.3 Å². The second-order valence-corrected chi connectivity index (χ2v) is 6.31. The van der Waals surface area contributed by atoms with Gasteiger partial charge in [0.1, 0.15) is 5.75 Å². The molecule has 4 heteroatoms. The van der Waals surface area contributed by atoms with E-state index in [1.54, 1.807) is 6.07 Å². The van der Waals surface area contributed by atoms with E-state index in [0.717, 1.165) is 49.2 Å². The lowest BCUT2D eigenvalue weighted by atomic mass is 9.91. The zero-order valence-corrected chi connectivity index (χ0v) is 12.1. The fourth-order valence-corrected chi connectivity index (χ4v) is 3.35. The average molecular weight is 274 g/mol. The van der Waals surface area contributed by atoms with Gasteiger partial charge in [-0.3, -0.25) is 4.79 Å². The second kappa shape index (κ2) is 4.77. The number of aromatic hydroxyl groups is 1. The first kappa shape index (κ1) is 13.4. The van der Waals surface area contributed by atoms with Crippen LogP contribution in [0.2, 0.25) is 0 Å². The largest absolute Gasteiger partial charge is 0.508 e. The summed E-state index contributed by atoms with van der Waals surface area (Å²) in [5.74, 6) is 0.583. The molecule has 1 saturated carbocycles. The number of nitrogens with one attached hydrogen (secondary N) is 2. The van der Waals surface area contributed by atoms with Gasteiger partial charge in [-0.1, -0.05) is 0 Å². The Hall–Kier alpha value is -1.55. The van der Waals surface area contributed by atoms with Crippen LogP contribution in [-0.2, 0) is 4.79 Å². The number of carbonyl (C=O) groups is 1. The molecule has 1 aliphatic carbocycles. The van der Waals surface area contributed by atoms with Crippen molar-refractivity contribution in [1.29, 1.82) is 0 Å². The second-order valence-electron chi connectivity index (χ2n) is 6.31. The molecule has 1 unspecified atom stereocenters. The summed E-state index contributed by atoms with van der Waals surface area (Å²) in [4.78, 5) is 12.4. The van der Waals surface area contributed by atoms with Crippen LogP contribution in [0.15, 0.2) is 12.1 Å². The maximum absolute atomic E-state index is 12.4. The van der Waals surface area contributed by atoms with E-state index >= 15 is 0 Å². The van der Waals surface area contributed by atoms with Crippen LogP contribution in [0.1, 0.15) is 30.4 Å². The number of benzene rings is 1. The summed E-state index contributed by atoms with van der Waals surface area (Å²) >= 11 is 0. The lowest BCUT2D eigenvalue weighted by molar-refractivity contribution is -0.118. The van der Waals surface area contributed by atoms with Crippen molar-refractivity contribution in [2.75, 3.05) is 18.4 Å². The quantitative estimate of drug-likeness (QED) is 0.725. The first-order chi connectivity index (χ1) is 9.52. The molecule has 1 saturated heterocycles. The van der Waals surface area contributed by atoms with Gasteiger partial charge in [0.2, 0.25) is 5.91 Å². The van der Waals surface area contributed by atoms with Crippen LogP contribution in [-0.4, -0.2) is 24.1 Å². The Balaban J connectivity index is 1.70. The van der Waals surface area contributed by atoms with Crippen molar-refractivity contribution in [3.05, 3.63) is 23.3 Å². The smallest absolute Gasteiger partial charge is 0.228 e. The van der Waals surface area contributed by atoms with Crippen molar-refractivity contribution < 1.29 is 9.90 Å². The molecule has 4 nitrogen and oxygen atoms in total. The lowest BCUT2D eigenvalue weighted by Gasteiger charge is -2.23. The summed E-state index contributed by atoms with van der Waals surface area (Å²) in [5.41, 5.74) is 2.77. The van der Waals surface area contributed by atoms with Crippen LogP contribution in [0, 0.1) is 25.2 Å². The van der Waals surface area contributed by atoms with E-state index in [1.165, 1.54) is 0 Å². The molecule has 108 valence electrons. The minimum absolute atomic E-state index is 0.139. The number of piperidine rings is 1. The van der Waals surface area contributed by atoms with Crippen molar-refractivity contribution >= 4 is 11.6 Å². The van der Waals surface area contributed by atoms with Crippen LogP contribution in [0.25, 0.3) is 0 Å². The zero-order valence-electron chi connectivity index (χ0n) is 12.1. The van der Waals surface area contributed by atoms with Crippen LogP contribution in [0.4, 0.5) is 5.69 Å². The topological polar surface area (TPSA) is 61.4 Å². The van der Waals surface area contributed by atoms with Gasteiger partial charge in [-0.15, -0.1) is 0 Å². The van der Waals surface area contributed by atoms with Crippen LogP contribution < -0.4 is 10.6 Å². The Morgan fingerprint density at radius 1 is 1.30 bits per heavy atom. The average Bonchev–Trinajstić information content (AvgIpc) is 3.10. The van der Waals surface area contributed by atoms with E-state index in [1.807, 2.05) is 19.9 Å². The molecular weight excluding hydrogens is 252 g/mol. The van der Waals surface area contributed by atoms with Gasteiger partial charge in [-0.2, -0.15) is 0 Å². The number of phenols is 1. The van der Waals surface area contributed by atoms with E-state index in [4.69, 9.17) is 0 Å². The van der Waals surface area contributed by atoms with E-state index in [2.05, 4.69) is 10.6 Å². The lowest BCUT2D eigenvalue weighted by Crippen LogP contribution is -2.31. The molecule has 2 aliphatic rings. The van der Waals surface area contributed by atoms with Gasteiger partial charge in [0.15, 0.2) is 0 Å². The molecule has 3 N–H and O–H groups in total. The molecule has 1 spiro atoms. The van der Waals surface area contributed by atoms with Crippen molar-refractivity contribution in [1.82, 2.24) is 5.32 Å². The fraction of sp³-hybridized carbons (Fsp3) is 0.562. The Kier molecular flexibility index (Phi) is 3.21. The third-order valence-corrected chi connectivity index (χ3v) is 4.91. The van der Waals surface area contributed by atoms with Crippen molar-refractivity contribution in [2.45, 2.75) is 33.1 Å². The summed E-state index contributed by atoms with van der Waals surface area (Å²) in [6, 6.07) is 3.55. The minimum atomic E-state index is 0.139. The molecule has 1 aliphatic heterocycles. The van der Waals surface area contributed by atoms with Crippen LogP contribution in [0.5, 0.6) is 5.75 Å².